The molecule has 0 aromatic heterocycles. The van der Waals surface area contributed by atoms with Crippen LogP contribution in [0.5, 0.6) is 0 Å². The molecule has 94 valence electrons. The fraction of sp³-hybridized carbons (Fsp3) is 1.00. The number of quaternary nitrogens is 1. The first-order chi connectivity index (χ1) is 6.80. The van der Waals surface area contributed by atoms with Crippen molar-refractivity contribution >= 4 is 7.82 Å². The van der Waals surface area contributed by atoms with E-state index in [-0.39, 0.29) is 0 Å². The van der Waals surface area contributed by atoms with Gasteiger partial charge in [0.2, 0.25) is 0 Å². The van der Waals surface area contributed by atoms with E-state index in [1.807, 2.05) is 9.46 Å². The van der Waals surface area contributed by atoms with Crippen LogP contribution in [0.3, 0.4) is 0 Å². The van der Waals surface area contributed by atoms with Crippen LogP contribution in [0.2, 0.25) is 0 Å². The van der Waals surface area contributed by atoms with Crippen LogP contribution in [0.1, 0.15) is 20.8 Å². The van der Waals surface area contributed by atoms with Crippen molar-refractivity contribution in [3.63, 3.8) is 0 Å². The first-order valence-electron chi connectivity index (χ1n) is 4.56. The molecule has 0 rings (SSSR count). The number of rotatable bonds is 5. The van der Waals surface area contributed by atoms with Crippen molar-refractivity contribution in [1.29, 1.82) is 0 Å². The van der Waals surface area contributed by atoms with Crippen LogP contribution in [0.15, 0.2) is 0 Å². The van der Waals surface area contributed by atoms with Crippen molar-refractivity contribution in [2.75, 3.05) is 26.7 Å². The Hall–Kier alpha value is -0.0700. The number of hydrogen-bond donors (Lipinski definition) is 0. The van der Waals surface area contributed by atoms with Gasteiger partial charge in [-0.1, -0.05) is 0 Å². The molecule has 0 fully saturated rings. The van der Waals surface area contributed by atoms with Gasteiger partial charge in [0.1, 0.15) is 0 Å². The topological polar surface area (TPSA) is 58.6 Å². The second-order valence-corrected chi connectivity index (χ2v) is 4.32. The number of halogens is 2. The molecule has 15 heavy (non-hydrogen) atoms. The van der Waals surface area contributed by atoms with E-state index >= 15 is 0 Å². The fourth-order valence-electron chi connectivity index (χ4n) is 0.681. The molecular formula is C7H18F2NO4P. The lowest BCUT2D eigenvalue weighted by Crippen LogP contribution is -2.42. The summed E-state index contributed by atoms with van der Waals surface area (Å²) in [5.41, 5.74) is 0. The van der Waals surface area contributed by atoms with Gasteiger partial charge in [-0.2, -0.15) is 0 Å². The zero-order chi connectivity index (χ0) is 12.5. The van der Waals surface area contributed by atoms with Gasteiger partial charge in [0.15, 0.2) is 0 Å². The summed E-state index contributed by atoms with van der Waals surface area (Å²) >= 11 is 0. The van der Waals surface area contributed by atoms with Crippen LogP contribution >= 0.6 is 7.82 Å². The minimum Gasteiger partial charge on any atom is -0.752 e. The van der Waals surface area contributed by atoms with Crippen LogP contribution < -0.4 is 4.89 Å². The summed E-state index contributed by atoms with van der Waals surface area (Å²) in [6.07, 6.45) is 0. The minimum absolute atomic E-state index is 1.21. The predicted octanol–water partition coefficient (Wildman–Crippen LogP) is 1.75. The maximum Gasteiger partial charge on any atom is 0.337 e. The van der Waals surface area contributed by atoms with E-state index in [9.17, 15) is 18.5 Å². The lowest BCUT2D eigenvalue weighted by Gasteiger charge is -2.30. The molecule has 0 bridgehead atoms. The van der Waals surface area contributed by atoms with E-state index in [2.05, 4.69) is 27.8 Å². The van der Waals surface area contributed by atoms with Crippen LogP contribution in [0.25, 0.3) is 0 Å². The monoisotopic (exact) mass is 249 g/mol. The number of nitrogens with zero attached hydrogens (tertiary/aromatic N) is 1. The molecule has 0 heterocycles. The molecule has 0 saturated heterocycles. The van der Waals surface area contributed by atoms with Crippen molar-refractivity contribution in [1.82, 2.24) is 0 Å². The van der Waals surface area contributed by atoms with E-state index in [0.29, 0.717) is 0 Å². The zero-order valence-corrected chi connectivity index (χ0v) is 10.3. The van der Waals surface area contributed by atoms with E-state index in [4.69, 9.17) is 0 Å². The predicted molar refractivity (Wildman–Crippen MR) is 49.8 cm³/mol. The van der Waals surface area contributed by atoms with Gasteiger partial charge in [0, 0.05) is 0 Å². The normalized spacial score (nSPS) is 11.9. The molecule has 5 nitrogen and oxygen atoms in total. The Bertz CT molecular complexity index is 185. The summed E-state index contributed by atoms with van der Waals surface area (Å²) in [6, 6.07) is 0. The summed E-state index contributed by atoms with van der Waals surface area (Å²) in [5, 5.41) is 0. The third kappa shape index (κ3) is 8.89. The number of hydrogen-bond acceptors (Lipinski definition) is 4. The summed E-state index contributed by atoms with van der Waals surface area (Å²) in [5.74, 6) is 0. The molecule has 0 aromatic carbocycles. The van der Waals surface area contributed by atoms with Gasteiger partial charge >= 0.3 is 7.82 Å². The average Bonchev–Trinajstić information content (AvgIpc) is 2.29. The first-order valence-corrected chi connectivity index (χ1v) is 6.02. The van der Waals surface area contributed by atoms with Crippen LogP contribution in [0, 0.1) is 0 Å². The van der Waals surface area contributed by atoms with Gasteiger partial charge in [-0.15, -0.1) is 9.46 Å². The summed E-state index contributed by atoms with van der Waals surface area (Å²) in [7, 11) is -2.95. The van der Waals surface area contributed by atoms with Crippen LogP contribution in [0.4, 0.5) is 9.05 Å². The lowest BCUT2D eigenvalue weighted by atomic mass is 10.4. The van der Waals surface area contributed by atoms with Gasteiger partial charge in [0.05, 0.1) is 26.7 Å². The molecule has 0 aliphatic rings. The maximum absolute atomic E-state index is 10.3. The Morgan fingerprint density at radius 3 is 1.40 bits per heavy atom. The largest absolute Gasteiger partial charge is 0.752 e. The molecule has 8 heteroatoms. The molecule has 0 atom stereocenters. The molecule has 0 spiro atoms. The Kier molecular flexibility index (Phi) is 9.39. The van der Waals surface area contributed by atoms with Gasteiger partial charge < -0.3 is 9.38 Å². The minimum atomic E-state index is -5.24. The molecule has 0 aliphatic carbocycles. The molecule has 0 amide bonds. The van der Waals surface area contributed by atoms with E-state index in [1.165, 1.54) is 24.1 Å². The third-order valence-electron chi connectivity index (χ3n) is 2.46. The molecule has 0 aromatic rings. The Morgan fingerprint density at radius 2 is 1.40 bits per heavy atom. The van der Waals surface area contributed by atoms with E-state index < -0.39 is 7.82 Å². The second-order valence-electron chi connectivity index (χ2n) is 3.15. The second kappa shape index (κ2) is 8.13. The molecule has 0 N–H and O–H groups in total. The molecular weight excluding hydrogens is 231 g/mol. The van der Waals surface area contributed by atoms with E-state index in [0.717, 1.165) is 0 Å². The highest BCUT2D eigenvalue weighted by molar-refractivity contribution is 7.45. The summed E-state index contributed by atoms with van der Waals surface area (Å²) in [6.45, 7) is 10.5. The van der Waals surface area contributed by atoms with Gasteiger partial charge in [-0.05, 0) is 29.8 Å². The van der Waals surface area contributed by atoms with Gasteiger partial charge in [-0.3, -0.25) is 4.57 Å². The van der Waals surface area contributed by atoms with Crippen LogP contribution in [-0.2, 0) is 14.0 Å². The van der Waals surface area contributed by atoms with Crippen molar-refractivity contribution in [2.24, 2.45) is 0 Å². The Morgan fingerprint density at radius 1 is 1.13 bits per heavy atom. The van der Waals surface area contributed by atoms with Gasteiger partial charge in [0.25, 0.3) is 0 Å². The van der Waals surface area contributed by atoms with Crippen molar-refractivity contribution in [3.8, 4) is 0 Å². The Balaban J connectivity index is 0. The third-order valence-corrected chi connectivity index (χ3v) is 2.80. The van der Waals surface area contributed by atoms with Crippen LogP contribution in [-0.4, -0.2) is 31.2 Å². The lowest BCUT2D eigenvalue weighted by molar-refractivity contribution is -0.904. The summed E-state index contributed by atoms with van der Waals surface area (Å²) < 4.78 is 35.1. The highest BCUT2D eigenvalue weighted by atomic mass is 31.2. The quantitative estimate of drug-likeness (QED) is 0.550. The zero-order valence-electron chi connectivity index (χ0n) is 9.40. The van der Waals surface area contributed by atoms with Gasteiger partial charge in [-0.25, -0.2) is 0 Å². The molecule has 0 saturated carbocycles. The average molecular weight is 249 g/mol. The number of phosphoric acid groups is 1. The SMILES string of the molecule is CC[N+](C)(CC)CC.O=P([O-])(OF)OF. The molecule has 0 aliphatic heterocycles. The molecule has 0 radical (unpaired) electrons. The summed E-state index contributed by atoms with van der Waals surface area (Å²) in [4.78, 5) is 9.20. The first kappa shape index (κ1) is 17.3. The smallest absolute Gasteiger partial charge is 0.337 e. The van der Waals surface area contributed by atoms with Crippen molar-refractivity contribution < 1.29 is 32.5 Å². The standard InChI is InChI=1S/C7H18N.F2HO4P/c1-5-8(4,6-2)7-3;1-5-7(3,4)6-2/h5-7H2,1-4H3;(H,3,4)/q+1;/p-1. The fourth-order valence-corrected chi connectivity index (χ4v) is 0.703. The van der Waals surface area contributed by atoms with E-state index in [1.54, 1.807) is 0 Å². The van der Waals surface area contributed by atoms with Crippen molar-refractivity contribution in [2.45, 2.75) is 20.8 Å². The molecule has 0 unspecified atom stereocenters. The Labute approximate surface area is 88.6 Å². The highest BCUT2D eigenvalue weighted by Gasteiger charge is 2.10. The maximum atomic E-state index is 10.3. The van der Waals surface area contributed by atoms with Crippen molar-refractivity contribution in [3.05, 3.63) is 0 Å². The highest BCUT2D eigenvalue weighted by Crippen LogP contribution is 2.38.